The highest BCUT2D eigenvalue weighted by Crippen LogP contribution is 2.41. The number of benzene rings is 1. The first-order valence-corrected chi connectivity index (χ1v) is 14.5. The highest BCUT2D eigenvalue weighted by Gasteiger charge is 2.51. The fourth-order valence-corrected chi connectivity index (χ4v) is 7.80. The molecule has 4 heterocycles. The van der Waals surface area contributed by atoms with E-state index in [-0.39, 0.29) is 21.7 Å². The number of β-lactam (4-membered cyclic amide) rings is 1. The lowest BCUT2D eigenvalue weighted by atomic mass is 10.0. The number of nitrogens with one attached hydrogen (secondary N) is 1. The predicted octanol–water partition coefficient (Wildman–Crippen LogP) is 0.295. The third-order valence-corrected chi connectivity index (χ3v) is 9.91. The van der Waals surface area contributed by atoms with Gasteiger partial charge in [0.2, 0.25) is 5.91 Å². The van der Waals surface area contributed by atoms with Gasteiger partial charge in [0.15, 0.2) is 27.2 Å². The minimum atomic E-state index is -3.89. The summed E-state index contributed by atoms with van der Waals surface area (Å²) in [5, 5.41) is 32.1. The van der Waals surface area contributed by atoms with Gasteiger partial charge in [0, 0.05) is 23.3 Å². The number of aliphatic imine (C=N–C) groups is 1. The fraction of sp³-hybridized carbons (Fsp3) is 0.286. The van der Waals surface area contributed by atoms with E-state index in [4.69, 9.17) is 5.73 Å². The number of hydrogen-bond acceptors (Lipinski definition) is 13. The third kappa shape index (κ3) is 4.54. The molecule has 16 heteroatoms. The molecule has 6 N–H and O–H groups in total. The SMILES string of the molecule is CC1=NC2=CN(CS(=O)(=O)c3ccc(O)c(O)c3)NN2C(SCC2=C(C(=O)O)N3C(=O)[C@@H](N)[C@H]3SC2)=C1. The molecule has 0 spiro atoms. The molecule has 13 nitrogen and oxygen atoms in total. The molecule has 0 aliphatic carbocycles. The van der Waals surface area contributed by atoms with E-state index in [2.05, 4.69) is 10.5 Å². The molecule has 4 aliphatic rings. The molecule has 2 atom stereocenters. The van der Waals surface area contributed by atoms with Gasteiger partial charge >= 0.3 is 5.97 Å². The molecule has 1 fully saturated rings. The van der Waals surface area contributed by atoms with E-state index >= 15 is 0 Å². The predicted molar refractivity (Wildman–Crippen MR) is 136 cm³/mol. The number of amides is 1. The number of aliphatic carboxylic acids is 1. The van der Waals surface area contributed by atoms with E-state index in [9.17, 15) is 33.3 Å². The molecule has 0 radical (unpaired) electrons. The Balaban J connectivity index is 1.31. The Bertz CT molecular complexity index is 1440. The Morgan fingerprint density at radius 2 is 2.08 bits per heavy atom. The lowest BCUT2D eigenvalue weighted by molar-refractivity contribution is -0.147. The van der Waals surface area contributed by atoms with Crippen LogP contribution >= 0.6 is 23.5 Å². The molecule has 37 heavy (non-hydrogen) atoms. The first kappa shape index (κ1) is 25.5. The molecular formula is C21H22N6O7S3. The first-order valence-electron chi connectivity index (χ1n) is 10.8. The van der Waals surface area contributed by atoms with Gasteiger partial charge < -0.3 is 21.1 Å². The zero-order chi connectivity index (χ0) is 26.6. The lowest BCUT2D eigenvalue weighted by Crippen LogP contribution is -2.68. The summed E-state index contributed by atoms with van der Waals surface area (Å²) in [6.07, 6.45) is 3.29. The van der Waals surface area contributed by atoms with Crippen molar-refractivity contribution in [2.75, 3.05) is 17.4 Å². The van der Waals surface area contributed by atoms with Gasteiger partial charge in [-0.2, -0.15) is 0 Å². The van der Waals surface area contributed by atoms with Crippen LogP contribution in [0.5, 0.6) is 11.5 Å². The van der Waals surface area contributed by atoms with Crippen LogP contribution in [0.15, 0.2) is 62.5 Å². The van der Waals surface area contributed by atoms with Crippen LogP contribution in [0.25, 0.3) is 0 Å². The number of thioether (sulfide) groups is 2. The van der Waals surface area contributed by atoms with Crippen molar-refractivity contribution in [1.29, 1.82) is 0 Å². The molecule has 0 unspecified atom stereocenters. The second-order valence-electron chi connectivity index (χ2n) is 8.50. The van der Waals surface area contributed by atoms with E-state index in [1.165, 1.54) is 45.7 Å². The summed E-state index contributed by atoms with van der Waals surface area (Å²) >= 11 is 2.74. The van der Waals surface area contributed by atoms with Gasteiger partial charge in [0.1, 0.15) is 23.0 Å². The number of phenolic OH excluding ortho intramolecular Hbond substituents is 2. The maximum atomic E-state index is 12.9. The Kier molecular flexibility index (Phi) is 6.39. The summed E-state index contributed by atoms with van der Waals surface area (Å²) in [6, 6.07) is 2.56. The number of phenols is 2. The lowest BCUT2D eigenvalue weighted by Gasteiger charge is -2.48. The number of hydrazine groups is 2. The van der Waals surface area contributed by atoms with Crippen LogP contribution in [-0.4, -0.2) is 85.0 Å². The largest absolute Gasteiger partial charge is 0.504 e. The molecule has 0 bridgehead atoms. The highest BCUT2D eigenvalue weighted by atomic mass is 32.2. The van der Waals surface area contributed by atoms with Gasteiger partial charge in [0.25, 0.3) is 0 Å². The molecule has 0 aromatic heterocycles. The molecule has 1 aromatic carbocycles. The van der Waals surface area contributed by atoms with Crippen molar-refractivity contribution >= 4 is 50.9 Å². The summed E-state index contributed by atoms with van der Waals surface area (Å²) in [5.74, 6) is -1.95. The van der Waals surface area contributed by atoms with Gasteiger partial charge in [-0.3, -0.25) is 14.7 Å². The van der Waals surface area contributed by atoms with Crippen LogP contribution in [0.1, 0.15) is 6.92 Å². The van der Waals surface area contributed by atoms with Crippen LogP contribution < -0.4 is 11.3 Å². The number of nitrogens with zero attached hydrogens (tertiary/aromatic N) is 4. The van der Waals surface area contributed by atoms with Crippen LogP contribution in [0.4, 0.5) is 0 Å². The highest BCUT2D eigenvalue weighted by molar-refractivity contribution is 8.03. The smallest absolute Gasteiger partial charge is 0.352 e. The van der Waals surface area contributed by atoms with E-state index in [0.717, 1.165) is 12.1 Å². The number of aromatic hydroxyl groups is 2. The Morgan fingerprint density at radius 3 is 2.78 bits per heavy atom. The molecule has 4 aliphatic heterocycles. The number of fused-ring (bicyclic) bond motifs is 2. The van der Waals surface area contributed by atoms with Gasteiger partial charge in [-0.1, -0.05) is 0 Å². The summed E-state index contributed by atoms with van der Waals surface area (Å²) in [7, 11) is -3.89. The monoisotopic (exact) mass is 566 g/mol. The maximum absolute atomic E-state index is 12.9. The number of sulfone groups is 1. The molecular weight excluding hydrogens is 544 g/mol. The van der Waals surface area contributed by atoms with E-state index < -0.39 is 45.1 Å². The Morgan fingerprint density at radius 1 is 1.32 bits per heavy atom. The topological polar surface area (TPSA) is 189 Å². The summed E-state index contributed by atoms with van der Waals surface area (Å²) < 4.78 is 25.7. The van der Waals surface area contributed by atoms with Crippen molar-refractivity contribution in [2.45, 2.75) is 23.2 Å². The van der Waals surface area contributed by atoms with E-state index in [1.54, 1.807) is 18.0 Å². The van der Waals surface area contributed by atoms with E-state index in [1.807, 2.05) is 0 Å². The number of carbonyl (C=O) groups is 2. The third-order valence-electron chi connectivity index (χ3n) is 5.87. The van der Waals surface area contributed by atoms with Crippen LogP contribution in [0.3, 0.4) is 0 Å². The average Bonchev–Trinajstić information content (AvgIpc) is 3.24. The van der Waals surface area contributed by atoms with Crippen molar-refractivity contribution in [3.63, 3.8) is 0 Å². The molecule has 1 aromatic rings. The second-order valence-corrected chi connectivity index (χ2v) is 12.6. The maximum Gasteiger partial charge on any atom is 0.352 e. The van der Waals surface area contributed by atoms with Crippen molar-refractivity contribution in [3.05, 3.63) is 52.6 Å². The number of nitrogens with two attached hydrogens (primary N) is 1. The van der Waals surface area contributed by atoms with Crippen LogP contribution in [0.2, 0.25) is 0 Å². The summed E-state index contributed by atoms with van der Waals surface area (Å²) in [6.45, 7) is 1.78. The Hall–Kier alpha value is -3.18. The standard InChI is InChI=1S/C21H22N6O7S3/c1-10-4-16(35-7-11-8-36-20-17(22)19(30)26(20)18(11)21(31)32)27-15(23-10)6-25(24-27)9-37(33,34)12-2-3-13(28)14(29)5-12/h2-6,17,20,24,28-29H,7-9,22H2,1H3,(H,31,32)/t17-,20-/m1/s1. The number of rotatable bonds is 7. The molecule has 1 amide bonds. The van der Waals surface area contributed by atoms with Gasteiger partial charge in [-0.25, -0.2) is 23.2 Å². The van der Waals surface area contributed by atoms with Gasteiger partial charge in [-0.15, -0.1) is 29.1 Å². The number of hydrogen-bond donors (Lipinski definition) is 5. The Labute approximate surface area is 219 Å². The summed E-state index contributed by atoms with van der Waals surface area (Å²) in [4.78, 5) is 29.6. The van der Waals surface area contributed by atoms with Gasteiger partial charge in [0.05, 0.1) is 16.1 Å². The number of carboxylic acids is 1. The number of allylic oxidation sites excluding steroid dienone is 1. The van der Waals surface area contributed by atoms with Crippen molar-refractivity contribution in [3.8, 4) is 11.5 Å². The average molecular weight is 567 g/mol. The van der Waals surface area contributed by atoms with Crippen molar-refractivity contribution < 1.29 is 33.3 Å². The van der Waals surface area contributed by atoms with Crippen molar-refractivity contribution in [2.24, 2.45) is 10.7 Å². The zero-order valence-electron chi connectivity index (χ0n) is 19.2. The molecule has 5 rings (SSSR count). The molecule has 1 saturated heterocycles. The molecule has 196 valence electrons. The molecule has 0 saturated carbocycles. The second kappa shape index (κ2) is 9.29. The van der Waals surface area contributed by atoms with E-state index in [0.29, 0.717) is 27.9 Å². The minimum absolute atomic E-state index is 0.0419. The number of carboxylic acid groups (broad SMARTS) is 1. The van der Waals surface area contributed by atoms with Crippen molar-refractivity contribution in [1.82, 2.24) is 20.5 Å². The van der Waals surface area contributed by atoms with Gasteiger partial charge in [-0.05, 0) is 30.7 Å². The normalized spacial score (nSPS) is 23.2. The number of carbonyl (C=O) groups excluding carboxylic acids is 1. The zero-order valence-corrected chi connectivity index (χ0v) is 21.7. The minimum Gasteiger partial charge on any atom is -0.504 e. The fourth-order valence-electron chi connectivity index (χ4n) is 4.08. The van der Waals surface area contributed by atoms with Crippen LogP contribution in [0, 0.1) is 0 Å². The summed E-state index contributed by atoms with van der Waals surface area (Å²) in [5.41, 5.74) is 9.95. The van der Waals surface area contributed by atoms with Crippen LogP contribution in [-0.2, 0) is 19.4 Å². The quantitative estimate of drug-likeness (QED) is 0.224. The first-order chi connectivity index (χ1) is 17.5.